The first-order valence-corrected chi connectivity index (χ1v) is 9.28. The van der Waals surface area contributed by atoms with E-state index in [9.17, 15) is 0 Å². The second-order valence-electron chi connectivity index (χ2n) is 6.10. The van der Waals surface area contributed by atoms with Crippen LogP contribution in [0, 0.1) is 0 Å². The molecule has 0 bridgehead atoms. The molecule has 3 aromatic rings. The lowest BCUT2D eigenvalue weighted by Gasteiger charge is -2.17. The zero-order valence-corrected chi connectivity index (χ0v) is 15.5. The lowest BCUT2D eigenvalue weighted by molar-refractivity contribution is 0.417. The van der Waals surface area contributed by atoms with Gasteiger partial charge in [-0.1, -0.05) is 30.0 Å². The number of thioether (sulfide) groups is 1. The Bertz CT molecular complexity index is 975. The molecule has 4 rings (SSSR count). The summed E-state index contributed by atoms with van der Waals surface area (Å²) in [6, 6.07) is 5.83. The molecule has 0 aliphatic carbocycles. The summed E-state index contributed by atoms with van der Waals surface area (Å²) in [5, 5.41) is 0.734. The number of nitrogen functional groups attached to an aromatic ring is 1. The number of imidazole rings is 1. The molecule has 1 aliphatic heterocycles. The van der Waals surface area contributed by atoms with Crippen LogP contribution in [0.3, 0.4) is 0 Å². The van der Waals surface area contributed by atoms with Crippen LogP contribution >= 0.6 is 11.8 Å². The quantitative estimate of drug-likeness (QED) is 0.321. The number of hydrogen-bond donors (Lipinski definition) is 1. The lowest BCUT2D eigenvalue weighted by Crippen LogP contribution is -2.20. The van der Waals surface area contributed by atoms with Crippen LogP contribution < -0.4 is 15.4 Å². The van der Waals surface area contributed by atoms with Gasteiger partial charge in [-0.25, -0.2) is 15.0 Å². The molecule has 2 N–H and O–H groups in total. The number of aromatic nitrogens is 4. The molecular formula is C18H20N6OS. The summed E-state index contributed by atoms with van der Waals surface area (Å²) in [6.45, 7) is 1.70. The van der Waals surface area contributed by atoms with Crippen molar-refractivity contribution in [1.29, 1.82) is 0 Å². The van der Waals surface area contributed by atoms with E-state index in [1.807, 2.05) is 29.8 Å². The molecule has 0 saturated heterocycles. The monoisotopic (exact) mass is 368 g/mol. The average molecular weight is 368 g/mol. The van der Waals surface area contributed by atoms with E-state index in [1.165, 1.54) is 0 Å². The molecule has 0 amide bonds. The van der Waals surface area contributed by atoms with Crippen LogP contribution in [0.15, 0.2) is 41.8 Å². The number of aryl methyl sites for hydroxylation is 1. The van der Waals surface area contributed by atoms with Crippen molar-refractivity contribution in [2.75, 3.05) is 30.8 Å². The van der Waals surface area contributed by atoms with Crippen LogP contribution in [0.25, 0.3) is 11.2 Å². The Balaban J connectivity index is 1.62. The molecule has 0 unspecified atom stereocenters. The van der Waals surface area contributed by atoms with Gasteiger partial charge in [0.2, 0.25) is 0 Å². The summed E-state index contributed by atoms with van der Waals surface area (Å²) in [5.41, 5.74) is 9.42. The number of nitrogens with zero attached hydrogens (tertiary/aromatic N) is 5. The number of ether oxygens (including phenoxy) is 1. The topological polar surface area (TPSA) is 82.1 Å². The fourth-order valence-electron chi connectivity index (χ4n) is 2.93. The van der Waals surface area contributed by atoms with Gasteiger partial charge in [-0.05, 0) is 17.7 Å². The molecule has 0 atom stereocenters. The minimum atomic E-state index is 0.637. The third-order valence-electron chi connectivity index (χ3n) is 4.30. The van der Waals surface area contributed by atoms with Crippen molar-refractivity contribution < 1.29 is 4.74 Å². The summed E-state index contributed by atoms with van der Waals surface area (Å²) in [7, 11) is 3.57. The Morgan fingerprint density at radius 3 is 2.77 bits per heavy atom. The SMILES string of the molecule is COc1ccc(CSc2nc(N3CC=CC3)c3ncn(C)c3n2)cc1N. The first kappa shape index (κ1) is 16.7. The highest BCUT2D eigenvalue weighted by molar-refractivity contribution is 7.98. The van der Waals surface area contributed by atoms with Gasteiger partial charge in [0, 0.05) is 25.9 Å². The number of nitrogens with two attached hydrogens (primary N) is 1. The normalized spacial score (nSPS) is 13.7. The molecule has 2 aromatic heterocycles. The second-order valence-corrected chi connectivity index (χ2v) is 7.04. The van der Waals surface area contributed by atoms with Crippen molar-refractivity contribution in [2.24, 2.45) is 7.05 Å². The van der Waals surface area contributed by atoms with Gasteiger partial charge in [-0.2, -0.15) is 0 Å². The minimum absolute atomic E-state index is 0.637. The standard InChI is InChI=1S/C18H20N6OS/c1-23-11-20-15-16(23)21-18(22-17(15)24-7-3-4-8-24)26-10-12-5-6-14(25-2)13(19)9-12/h3-6,9,11H,7-8,10,19H2,1-2H3. The molecule has 1 aromatic carbocycles. The van der Waals surface area contributed by atoms with Gasteiger partial charge in [0.15, 0.2) is 22.1 Å². The van der Waals surface area contributed by atoms with Gasteiger partial charge in [-0.15, -0.1) is 0 Å². The summed E-state index contributed by atoms with van der Waals surface area (Å²) >= 11 is 1.59. The number of methoxy groups -OCH3 is 1. The van der Waals surface area contributed by atoms with Gasteiger partial charge in [-0.3, -0.25) is 0 Å². The molecule has 1 aliphatic rings. The van der Waals surface area contributed by atoms with E-state index in [-0.39, 0.29) is 0 Å². The van der Waals surface area contributed by atoms with Crippen molar-refractivity contribution in [3.63, 3.8) is 0 Å². The minimum Gasteiger partial charge on any atom is -0.495 e. The Hall–Kier alpha value is -2.74. The van der Waals surface area contributed by atoms with Crippen molar-refractivity contribution in [3.05, 3.63) is 42.2 Å². The Kier molecular flexibility index (Phi) is 4.42. The van der Waals surface area contributed by atoms with E-state index < -0.39 is 0 Å². The molecule has 3 heterocycles. The van der Waals surface area contributed by atoms with Crippen LogP contribution in [0.4, 0.5) is 11.5 Å². The maximum absolute atomic E-state index is 6.00. The van der Waals surface area contributed by atoms with Crippen LogP contribution in [0.2, 0.25) is 0 Å². The number of rotatable bonds is 5. The molecule has 7 nitrogen and oxygen atoms in total. The number of benzene rings is 1. The molecule has 0 radical (unpaired) electrons. The van der Waals surface area contributed by atoms with Crippen molar-refractivity contribution in [1.82, 2.24) is 19.5 Å². The van der Waals surface area contributed by atoms with E-state index in [0.717, 1.165) is 46.5 Å². The molecule has 0 fully saturated rings. The highest BCUT2D eigenvalue weighted by Crippen LogP contribution is 2.30. The summed E-state index contributed by atoms with van der Waals surface area (Å²) in [4.78, 5) is 16.1. The van der Waals surface area contributed by atoms with Crippen molar-refractivity contribution in [2.45, 2.75) is 10.9 Å². The van der Waals surface area contributed by atoms with Crippen LogP contribution in [-0.4, -0.2) is 39.7 Å². The smallest absolute Gasteiger partial charge is 0.191 e. The molecule has 0 spiro atoms. The van der Waals surface area contributed by atoms with Crippen LogP contribution in [0.5, 0.6) is 5.75 Å². The van der Waals surface area contributed by atoms with Gasteiger partial charge >= 0.3 is 0 Å². The third kappa shape index (κ3) is 3.08. The average Bonchev–Trinajstić information content (AvgIpc) is 3.30. The van der Waals surface area contributed by atoms with Gasteiger partial charge in [0.1, 0.15) is 5.75 Å². The third-order valence-corrected chi connectivity index (χ3v) is 5.22. The first-order valence-electron chi connectivity index (χ1n) is 8.30. The van der Waals surface area contributed by atoms with Gasteiger partial charge in [0.05, 0.1) is 19.1 Å². The molecular weight excluding hydrogens is 348 g/mol. The van der Waals surface area contributed by atoms with Crippen molar-refractivity contribution >= 4 is 34.4 Å². The first-order chi connectivity index (χ1) is 12.7. The maximum atomic E-state index is 6.00. The Labute approximate surface area is 155 Å². The second kappa shape index (κ2) is 6.87. The number of anilines is 2. The molecule has 26 heavy (non-hydrogen) atoms. The van der Waals surface area contributed by atoms with E-state index in [0.29, 0.717) is 11.4 Å². The summed E-state index contributed by atoms with van der Waals surface area (Å²) < 4.78 is 7.14. The summed E-state index contributed by atoms with van der Waals surface area (Å²) in [5.74, 6) is 2.31. The van der Waals surface area contributed by atoms with E-state index in [1.54, 1.807) is 25.2 Å². The molecule has 0 saturated carbocycles. The Morgan fingerprint density at radius 2 is 2.04 bits per heavy atom. The lowest BCUT2D eigenvalue weighted by atomic mass is 10.2. The van der Waals surface area contributed by atoms with Crippen LogP contribution in [0.1, 0.15) is 5.56 Å². The van der Waals surface area contributed by atoms with Crippen LogP contribution in [-0.2, 0) is 12.8 Å². The number of fused-ring (bicyclic) bond motifs is 1. The van der Waals surface area contributed by atoms with Gasteiger partial charge < -0.3 is 19.9 Å². The maximum Gasteiger partial charge on any atom is 0.191 e. The fraction of sp³-hybridized carbons (Fsp3) is 0.278. The number of hydrogen-bond acceptors (Lipinski definition) is 7. The van der Waals surface area contributed by atoms with E-state index in [4.69, 9.17) is 15.5 Å². The zero-order chi connectivity index (χ0) is 18.1. The summed E-state index contributed by atoms with van der Waals surface area (Å²) in [6.07, 6.45) is 6.07. The highest BCUT2D eigenvalue weighted by Gasteiger charge is 2.18. The molecule has 8 heteroatoms. The zero-order valence-electron chi connectivity index (χ0n) is 14.7. The largest absolute Gasteiger partial charge is 0.495 e. The Morgan fingerprint density at radius 1 is 1.23 bits per heavy atom. The molecule has 134 valence electrons. The van der Waals surface area contributed by atoms with E-state index in [2.05, 4.69) is 27.0 Å². The highest BCUT2D eigenvalue weighted by atomic mass is 32.2. The van der Waals surface area contributed by atoms with Crippen molar-refractivity contribution in [3.8, 4) is 5.75 Å². The predicted molar refractivity (Wildman–Crippen MR) is 105 cm³/mol. The van der Waals surface area contributed by atoms with Gasteiger partial charge in [0.25, 0.3) is 0 Å². The fourth-order valence-corrected chi connectivity index (χ4v) is 3.71. The van der Waals surface area contributed by atoms with E-state index >= 15 is 0 Å². The predicted octanol–water partition coefficient (Wildman–Crippen LogP) is 2.62.